The Morgan fingerprint density at radius 1 is 1.16 bits per heavy atom. The van der Waals surface area contributed by atoms with Gasteiger partial charge in [-0.2, -0.15) is 5.10 Å². The molecule has 5 heteroatoms. The van der Waals surface area contributed by atoms with Crippen molar-refractivity contribution >= 4 is 23.5 Å². The Morgan fingerprint density at radius 2 is 1.84 bits per heavy atom. The fourth-order valence-electron chi connectivity index (χ4n) is 3.20. The van der Waals surface area contributed by atoms with E-state index < -0.39 is 0 Å². The van der Waals surface area contributed by atoms with E-state index in [1.54, 1.807) is 30.5 Å². The normalized spacial score (nSPS) is 17.1. The lowest BCUT2D eigenvalue weighted by Gasteiger charge is -2.23. The molecule has 0 fully saturated rings. The maximum absolute atomic E-state index is 12.0. The highest BCUT2D eigenvalue weighted by Gasteiger charge is 2.37. The number of allylic oxidation sites excluding steroid dienone is 2. The number of hydrazone groups is 1. The smallest absolute Gasteiger partial charge is 0.271 e. The number of hydrogen-bond donors (Lipinski definition) is 2. The van der Waals surface area contributed by atoms with Crippen LogP contribution in [0, 0.1) is 0 Å². The Hall–Kier alpha value is -3.08. The molecule has 128 valence electrons. The van der Waals surface area contributed by atoms with Gasteiger partial charge in [0.25, 0.3) is 5.91 Å². The second-order valence-corrected chi connectivity index (χ2v) is 6.59. The van der Waals surface area contributed by atoms with Crippen molar-refractivity contribution in [1.29, 1.82) is 0 Å². The molecule has 2 aromatic carbocycles. The number of nitrogens with two attached hydrogens (primary N) is 1. The van der Waals surface area contributed by atoms with Crippen molar-refractivity contribution < 1.29 is 4.79 Å². The molecule has 0 bridgehead atoms. The average molecular weight is 334 g/mol. The average Bonchev–Trinajstić information content (AvgIpc) is 2.79. The van der Waals surface area contributed by atoms with E-state index in [4.69, 9.17) is 5.73 Å². The summed E-state index contributed by atoms with van der Waals surface area (Å²) in [4.78, 5) is 14.2. The number of nitrogen functional groups attached to an aromatic ring is 1. The monoisotopic (exact) mass is 334 g/mol. The van der Waals surface area contributed by atoms with Gasteiger partial charge in [0.1, 0.15) is 0 Å². The van der Waals surface area contributed by atoms with Gasteiger partial charge in [-0.05, 0) is 42.0 Å². The number of nitrogens with zero attached hydrogens (tertiary/aromatic N) is 2. The Kier molecular flexibility index (Phi) is 4.31. The number of rotatable bonds is 3. The first-order valence-electron chi connectivity index (χ1n) is 8.14. The summed E-state index contributed by atoms with van der Waals surface area (Å²) >= 11 is 0. The number of nitrogens with one attached hydrogen (secondary N) is 1. The molecule has 1 aliphatic rings. The molecule has 0 radical (unpaired) electrons. The molecule has 25 heavy (non-hydrogen) atoms. The van der Waals surface area contributed by atoms with E-state index in [0.29, 0.717) is 11.3 Å². The molecule has 2 aromatic rings. The number of amides is 1. The molecule has 3 N–H and O–H groups in total. The second-order valence-electron chi connectivity index (χ2n) is 6.59. The van der Waals surface area contributed by atoms with Crippen molar-refractivity contribution in [2.75, 3.05) is 17.7 Å². The van der Waals surface area contributed by atoms with Crippen LogP contribution >= 0.6 is 0 Å². The molecule has 0 saturated heterocycles. The first-order chi connectivity index (χ1) is 11.9. The van der Waals surface area contributed by atoms with Crippen LogP contribution in [0.2, 0.25) is 0 Å². The molecular weight excluding hydrogens is 312 g/mol. The van der Waals surface area contributed by atoms with Crippen molar-refractivity contribution in [2.24, 2.45) is 5.10 Å². The summed E-state index contributed by atoms with van der Waals surface area (Å²) in [5, 5.41) is 4.04. The molecule has 3 rings (SSSR count). The summed E-state index contributed by atoms with van der Waals surface area (Å²) in [7, 11) is 2.04. The number of hydrogen-bond acceptors (Lipinski definition) is 4. The Bertz CT molecular complexity index is 850. The van der Waals surface area contributed by atoms with Gasteiger partial charge in [0, 0.05) is 41.3 Å². The highest BCUT2D eigenvalue weighted by Crippen LogP contribution is 2.46. The van der Waals surface area contributed by atoms with Crippen LogP contribution in [0.15, 0.2) is 65.4 Å². The van der Waals surface area contributed by atoms with E-state index in [2.05, 4.69) is 47.5 Å². The van der Waals surface area contributed by atoms with E-state index in [-0.39, 0.29) is 11.3 Å². The molecule has 0 spiro atoms. The molecule has 0 atom stereocenters. The van der Waals surface area contributed by atoms with Crippen LogP contribution in [0.5, 0.6) is 0 Å². The van der Waals surface area contributed by atoms with Crippen LogP contribution < -0.4 is 16.1 Å². The van der Waals surface area contributed by atoms with E-state index in [1.807, 2.05) is 19.2 Å². The molecule has 0 unspecified atom stereocenters. The van der Waals surface area contributed by atoms with E-state index in [9.17, 15) is 4.79 Å². The standard InChI is InChI=1S/C20H22N4O/c1-20(2)16-6-4-5-7-17(16)24(3)18(20)12-13-22-23-19(25)14-8-10-15(21)11-9-14/h4-13H,21H2,1-3H3,(H,23,25)/b18-12-,22-13+. The maximum atomic E-state index is 12.0. The Morgan fingerprint density at radius 3 is 2.52 bits per heavy atom. The van der Waals surface area contributed by atoms with Crippen LogP contribution in [0.3, 0.4) is 0 Å². The van der Waals surface area contributed by atoms with Crippen LogP contribution in [0.1, 0.15) is 29.8 Å². The minimum atomic E-state index is -0.267. The summed E-state index contributed by atoms with van der Waals surface area (Å²) in [6.07, 6.45) is 3.55. The lowest BCUT2D eigenvalue weighted by molar-refractivity contribution is 0.0955. The summed E-state index contributed by atoms with van der Waals surface area (Å²) in [5.74, 6) is -0.267. The molecule has 1 heterocycles. The Balaban J connectivity index is 1.73. The Labute approximate surface area is 147 Å². The molecule has 1 aliphatic heterocycles. The minimum Gasteiger partial charge on any atom is -0.399 e. The third-order valence-electron chi connectivity index (χ3n) is 4.59. The third kappa shape index (κ3) is 3.13. The van der Waals surface area contributed by atoms with Gasteiger partial charge >= 0.3 is 0 Å². The molecule has 5 nitrogen and oxygen atoms in total. The van der Waals surface area contributed by atoms with Crippen molar-refractivity contribution in [2.45, 2.75) is 19.3 Å². The fraction of sp³-hybridized carbons (Fsp3) is 0.200. The first-order valence-corrected chi connectivity index (χ1v) is 8.14. The predicted octanol–water partition coefficient (Wildman–Crippen LogP) is 3.30. The van der Waals surface area contributed by atoms with Gasteiger partial charge in [-0.3, -0.25) is 4.79 Å². The number of para-hydroxylation sites is 1. The third-order valence-corrected chi connectivity index (χ3v) is 4.59. The zero-order valence-electron chi connectivity index (χ0n) is 14.7. The van der Waals surface area contributed by atoms with Gasteiger partial charge in [-0.1, -0.05) is 32.0 Å². The molecular formula is C20H22N4O. The number of fused-ring (bicyclic) bond motifs is 1. The molecule has 1 amide bonds. The topological polar surface area (TPSA) is 70.7 Å². The van der Waals surface area contributed by atoms with Crippen molar-refractivity contribution in [3.8, 4) is 0 Å². The van der Waals surface area contributed by atoms with Crippen LogP contribution in [0.4, 0.5) is 11.4 Å². The van der Waals surface area contributed by atoms with Crippen molar-refractivity contribution in [3.05, 3.63) is 71.4 Å². The number of likely N-dealkylation sites (N-methyl/N-ethyl adjacent to an activating group) is 1. The van der Waals surface area contributed by atoms with Crippen LogP contribution in [-0.2, 0) is 5.41 Å². The van der Waals surface area contributed by atoms with Crippen molar-refractivity contribution in [1.82, 2.24) is 5.43 Å². The molecule has 0 saturated carbocycles. The number of anilines is 2. The first kappa shape index (κ1) is 16.8. The molecule has 0 aliphatic carbocycles. The largest absolute Gasteiger partial charge is 0.399 e. The summed E-state index contributed by atoms with van der Waals surface area (Å²) in [6, 6.07) is 15.1. The SMILES string of the molecule is CN1/C(=C\C=N\NC(=O)c2ccc(N)cc2)C(C)(C)c2ccccc21. The zero-order chi connectivity index (χ0) is 18.0. The number of carbonyl (C=O) groups excluding carboxylic acids is 1. The van der Waals surface area contributed by atoms with Gasteiger partial charge < -0.3 is 10.6 Å². The van der Waals surface area contributed by atoms with Gasteiger partial charge in [0.05, 0.1) is 0 Å². The van der Waals surface area contributed by atoms with Gasteiger partial charge in [0.2, 0.25) is 0 Å². The second kappa shape index (κ2) is 6.43. The highest BCUT2D eigenvalue weighted by atomic mass is 16.2. The van der Waals surface area contributed by atoms with E-state index in [1.165, 1.54) is 11.3 Å². The molecule has 0 aromatic heterocycles. The number of carbonyl (C=O) groups is 1. The maximum Gasteiger partial charge on any atom is 0.271 e. The summed E-state index contributed by atoms with van der Waals surface area (Å²) in [6.45, 7) is 4.37. The minimum absolute atomic E-state index is 0.113. The highest BCUT2D eigenvalue weighted by molar-refractivity contribution is 5.95. The zero-order valence-corrected chi connectivity index (χ0v) is 14.7. The predicted molar refractivity (Wildman–Crippen MR) is 103 cm³/mol. The van der Waals surface area contributed by atoms with E-state index >= 15 is 0 Å². The number of benzene rings is 2. The van der Waals surface area contributed by atoms with Gasteiger partial charge in [-0.15, -0.1) is 0 Å². The lowest BCUT2D eigenvalue weighted by atomic mass is 9.84. The summed E-state index contributed by atoms with van der Waals surface area (Å²) in [5.41, 5.74) is 12.8. The van der Waals surface area contributed by atoms with Crippen LogP contribution in [-0.4, -0.2) is 19.2 Å². The fourth-order valence-corrected chi connectivity index (χ4v) is 3.20. The van der Waals surface area contributed by atoms with E-state index in [0.717, 1.165) is 5.70 Å². The van der Waals surface area contributed by atoms with Gasteiger partial charge in [-0.25, -0.2) is 5.43 Å². The van der Waals surface area contributed by atoms with Crippen LogP contribution in [0.25, 0.3) is 0 Å². The lowest BCUT2D eigenvalue weighted by Crippen LogP contribution is -2.23. The van der Waals surface area contributed by atoms with Gasteiger partial charge in [0.15, 0.2) is 0 Å². The summed E-state index contributed by atoms with van der Waals surface area (Å²) < 4.78 is 0. The quantitative estimate of drug-likeness (QED) is 0.514. The van der Waals surface area contributed by atoms with Crippen molar-refractivity contribution in [3.63, 3.8) is 0 Å².